The lowest BCUT2D eigenvalue weighted by atomic mass is 10.3. The van der Waals surface area contributed by atoms with Crippen molar-refractivity contribution in [2.24, 2.45) is 0 Å². The predicted octanol–water partition coefficient (Wildman–Crippen LogP) is 0.999. The van der Waals surface area contributed by atoms with Crippen LogP contribution < -0.4 is 10.1 Å². The number of rotatable bonds is 8. The molecule has 18 heavy (non-hydrogen) atoms. The van der Waals surface area contributed by atoms with Gasteiger partial charge in [0.2, 0.25) is 0 Å². The molecule has 1 amide bonds. The first-order valence-corrected chi connectivity index (χ1v) is 6.58. The van der Waals surface area contributed by atoms with E-state index >= 15 is 0 Å². The first kappa shape index (κ1) is 14.4. The van der Waals surface area contributed by atoms with Crippen molar-refractivity contribution in [1.82, 2.24) is 5.32 Å². The first-order chi connectivity index (χ1) is 8.68. The van der Waals surface area contributed by atoms with E-state index in [1.165, 1.54) is 11.8 Å². The Balaban J connectivity index is 2.06. The first-order valence-electron chi connectivity index (χ1n) is 5.42. The van der Waals surface area contributed by atoms with Crippen molar-refractivity contribution in [3.63, 3.8) is 0 Å². The smallest absolute Gasteiger partial charge is 0.313 e. The minimum Gasteiger partial charge on any atom is -0.484 e. The van der Waals surface area contributed by atoms with Crippen LogP contribution in [-0.2, 0) is 9.59 Å². The van der Waals surface area contributed by atoms with E-state index in [9.17, 15) is 9.59 Å². The van der Waals surface area contributed by atoms with Gasteiger partial charge in [-0.1, -0.05) is 18.2 Å². The molecule has 0 aromatic heterocycles. The highest BCUT2D eigenvalue weighted by atomic mass is 32.2. The second kappa shape index (κ2) is 8.41. The maximum absolute atomic E-state index is 11.4. The number of aliphatic carboxylic acids is 1. The number of hydrogen-bond acceptors (Lipinski definition) is 4. The van der Waals surface area contributed by atoms with Gasteiger partial charge < -0.3 is 15.2 Å². The Labute approximate surface area is 110 Å². The summed E-state index contributed by atoms with van der Waals surface area (Å²) in [7, 11) is 0. The summed E-state index contributed by atoms with van der Waals surface area (Å²) in [5.74, 6) is 0.209. The zero-order valence-corrected chi connectivity index (χ0v) is 10.6. The van der Waals surface area contributed by atoms with E-state index in [2.05, 4.69) is 5.32 Å². The minimum absolute atomic E-state index is 0.0341. The molecule has 0 atom stereocenters. The number of thioether (sulfide) groups is 1. The van der Waals surface area contributed by atoms with Gasteiger partial charge >= 0.3 is 5.97 Å². The number of benzene rings is 1. The summed E-state index contributed by atoms with van der Waals surface area (Å²) in [6, 6.07) is 9.07. The molecule has 0 aliphatic rings. The van der Waals surface area contributed by atoms with Crippen LogP contribution in [0.4, 0.5) is 0 Å². The lowest BCUT2D eigenvalue weighted by molar-refractivity contribution is -0.133. The van der Waals surface area contributed by atoms with Crippen molar-refractivity contribution < 1.29 is 19.4 Å². The Morgan fingerprint density at radius 1 is 1.28 bits per heavy atom. The quantitative estimate of drug-likeness (QED) is 0.689. The van der Waals surface area contributed by atoms with Gasteiger partial charge in [0.1, 0.15) is 5.75 Å². The van der Waals surface area contributed by atoms with Crippen LogP contribution in [0.25, 0.3) is 0 Å². The van der Waals surface area contributed by atoms with E-state index in [4.69, 9.17) is 9.84 Å². The molecule has 0 spiro atoms. The van der Waals surface area contributed by atoms with Crippen LogP contribution in [0.5, 0.6) is 5.75 Å². The van der Waals surface area contributed by atoms with E-state index in [1.807, 2.05) is 18.2 Å². The van der Waals surface area contributed by atoms with Gasteiger partial charge in [0.25, 0.3) is 5.91 Å². The van der Waals surface area contributed by atoms with Crippen LogP contribution in [0.1, 0.15) is 0 Å². The average molecular weight is 269 g/mol. The normalized spacial score (nSPS) is 9.78. The topological polar surface area (TPSA) is 75.6 Å². The molecule has 0 saturated heterocycles. The molecule has 98 valence electrons. The fraction of sp³-hybridized carbons (Fsp3) is 0.333. The van der Waals surface area contributed by atoms with Crippen molar-refractivity contribution in [3.05, 3.63) is 30.3 Å². The second-order valence-electron chi connectivity index (χ2n) is 3.40. The third kappa shape index (κ3) is 6.80. The molecule has 0 unspecified atom stereocenters. The number of carboxylic acid groups (broad SMARTS) is 1. The van der Waals surface area contributed by atoms with Crippen molar-refractivity contribution in [3.8, 4) is 5.75 Å². The summed E-state index contributed by atoms with van der Waals surface area (Å²) in [6.45, 7) is 0.405. The third-order valence-corrected chi connectivity index (χ3v) is 2.85. The molecule has 0 aliphatic carbocycles. The average Bonchev–Trinajstić information content (AvgIpc) is 2.37. The lowest BCUT2D eigenvalue weighted by Gasteiger charge is -2.06. The Hall–Kier alpha value is -1.69. The van der Waals surface area contributed by atoms with Crippen molar-refractivity contribution in [2.75, 3.05) is 24.7 Å². The molecule has 5 nitrogen and oxygen atoms in total. The highest BCUT2D eigenvalue weighted by Gasteiger charge is 2.02. The van der Waals surface area contributed by atoms with E-state index in [0.717, 1.165) is 0 Å². The van der Waals surface area contributed by atoms with Crippen molar-refractivity contribution >= 4 is 23.6 Å². The summed E-state index contributed by atoms with van der Waals surface area (Å²) in [4.78, 5) is 21.6. The van der Waals surface area contributed by atoms with Crippen LogP contribution in [-0.4, -0.2) is 41.6 Å². The van der Waals surface area contributed by atoms with Gasteiger partial charge in [0, 0.05) is 12.3 Å². The van der Waals surface area contributed by atoms with Crippen LogP contribution in [0, 0.1) is 0 Å². The fourth-order valence-corrected chi connectivity index (χ4v) is 1.70. The number of para-hydroxylation sites is 1. The molecule has 0 saturated carbocycles. The Morgan fingerprint density at radius 2 is 2.00 bits per heavy atom. The van der Waals surface area contributed by atoms with Crippen molar-refractivity contribution in [1.29, 1.82) is 0 Å². The molecule has 2 N–H and O–H groups in total. The summed E-state index contributed by atoms with van der Waals surface area (Å²) < 4.78 is 5.25. The highest BCUT2D eigenvalue weighted by molar-refractivity contribution is 7.99. The summed E-state index contributed by atoms with van der Waals surface area (Å²) in [5.41, 5.74) is 0. The van der Waals surface area contributed by atoms with Crippen molar-refractivity contribution in [2.45, 2.75) is 0 Å². The molecular formula is C12H15NO4S. The largest absolute Gasteiger partial charge is 0.484 e. The van der Waals surface area contributed by atoms with E-state index < -0.39 is 5.97 Å². The van der Waals surface area contributed by atoms with E-state index in [1.54, 1.807) is 12.1 Å². The van der Waals surface area contributed by atoms with Crippen LogP contribution in [0.3, 0.4) is 0 Å². The van der Waals surface area contributed by atoms with Crippen LogP contribution >= 0.6 is 11.8 Å². The Morgan fingerprint density at radius 3 is 2.67 bits per heavy atom. The molecule has 1 aromatic carbocycles. The number of amides is 1. The molecule has 0 bridgehead atoms. The fourth-order valence-electron chi connectivity index (χ4n) is 1.14. The van der Waals surface area contributed by atoms with Gasteiger partial charge in [0.05, 0.1) is 5.75 Å². The maximum Gasteiger partial charge on any atom is 0.313 e. The Bertz CT molecular complexity index is 383. The SMILES string of the molecule is O=C(O)CSCCNC(=O)COc1ccccc1. The monoisotopic (exact) mass is 269 g/mol. The summed E-state index contributed by atoms with van der Waals surface area (Å²) in [6.07, 6.45) is 0. The molecule has 1 aromatic rings. The summed E-state index contributed by atoms with van der Waals surface area (Å²) in [5, 5.41) is 11.1. The number of nitrogens with one attached hydrogen (secondary N) is 1. The van der Waals surface area contributed by atoms with Crippen LogP contribution in [0.2, 0.25) is 0 Å². The van der Waals surface area contributed by atoms with Gasteiger partial charge in [-0.2, -0.15) is 0 Å². The predicted molar refractivity (Wildman–Crippen MR) is 69.9 cm³/mol. The van der Waals surface area contributed by atoms with Gasteiger partial charge in [0.15, 0.2) is 6.61 Å². The molecule has 0 aliphatic heterocycles. The van der Waals surface area contributed by atoms with Crippen LogP contribution in [0.15, 0.2) is 30.3 Å². The molecule has 1 rings (SSSR count). The van der Waals surface area contributed by atoms with Gasteiger partial charge in [-0.3, -0.25) is 9.59 Å². The third-order valence-electron chi connectivity index (χ3n) is 1.91. The lowest BCUT2D eigenvalue weighted by Crippen LogP contribution is -2.30. The maximum atomic E-state index is 11.4. The molecule has 6 heteroatoms. The molecular weight excluding hydrogens is 254 g/mol. The van der Waals surface area contributed by atoms with Gasteiger partial charge in [-0.15, -0.1) is 11.8 Å². The Kier molecular flexibility index (Phi) is 6.71. The number of carboxylic acids is 1. The van der Waals surface area contributed by atoms with E-state index in [-0.39, 0.29) is 18.3 Å². The zero-order chi connectivity index (χ0) is 13.2. The number of carbonyl (C=O) groups is 2. The molecule has 0 fully saturated rings. The number of carbonyl (C=O) groups excluding carboxylic acids is 1. The number of ether oxygens (including phenoxy) is 1. The molecule has 0 radical (unpaired) electrons. The minimum atomic E-state index is -0.848. The second-order valence-corrected chi connectivity index (χ2v) is 4.50. The zero-order valence-electron chi connectivity index (χ0n) is 9.80. The standard InChI is InChI=1S/C12H15NO4S/c14-11(13-6-7-18-9-12(15)16)8-17-10-4-2-1-3-5-10/h1-5H,6-9H2,(H,13,14)(H,15,16). The van der Waals surface area contributed by atoms with Gasteiger partial charge in [-0.25, -0.2) is 0 Å². The molecule has 0 heterocycles. The summed E-state index contributed by atoms with van der Waals surface area (Å²) >= 11 is 1.26. The van der Waals surface area contributed by atoms with Gasteiger partial charge in [-0.05, 0) is 12.1 Å². The van der Waals surface area contributed by atoms with E-state index in [0.29, 0.717) is 18.0 Å². The number of hydrogen-bond donors (Lipinski definition) is 2. The highest BCUT2D eigenvalue weighted by Crippen LogP contribution is 2.07.